The van der Waals surface area contributed by atoms with Crippen LogP contribution in [0.15, 0.2) is 36.7 Å². The summed E-state index contributed by atoms with van der Waals surface area (Å²) in [6.45, 7) is 1.96. The van der Waals surface area contributed by atoms with E-state index >= 15 is 0 Å². The molecular formula is C16H16FNO2. The van der Waals surface area contributed by atoms with Gasteiger partial charge in [-0.1, -0.05) is 19.1 Å². The van der Waals surface area contributed by atoms with Gasteiger partial charge in [-0.2, -0.15) is 0 Å². The number of benzene rings is 1. The predicted molar refractivity (Wildman–Crippen MR) is 74.6 cm³/mol. The van der Waals surface area contributed by atoms with Gasteiger partial charge in [0.15, 0.2) is 17.3 Å². The fourth-order valence-corrected chi connectivity index (χ4v) is 2.10. The van der Waals surface area contributed by atoms with Crippen LogP contribution in [0.25, 0.3) is 0 Å². The molecule has 0 aliphatic rings. The summed E-state index contributed by atoms with van der Waals surface area (Å²) in [4.78, 5) is 16.3. The molecule has 1 aromatic heterocycles. The molecule has 0 saturated heterocycles. The van der Waals surface area contributed by atoms with Crippen molar-refractivity contribution in [2.24, 2.45) is 0 Å². The lowest BCUT2D eigenvalue weighted by atomic mass is 9.98. The highest BCUT2D eigenvalue weighted by Crippen LogP contribution is 2.22. The minimum absolute atomic E-state index is 0.0139. The average Bonchev–Trinajstić information content (AvgIpc) is 2.49. The maximum Gasteiger partial charge on any atom is 0.168 e. The number of ether oxygens (including phenoxy) is 1. The van der Waals surface area contributed by atoms with E-state index in [2.05, 4.69) is 4.98 Å². The molecule has 2 rings (SSSR count). The summed E-state index contributed by atoms with van der Waals surface area (Å²) >= 11 is 0. The van der Waals surface area contributed by atoms with Crippen molar-refractivity contribution < 1.29 is 13.9 Å². The van der Waals surface area contributed by atoms with E-state index in [0.29, 0.717) is 11.1 Å². The Morgan fingerprint density at radius 1 is 1.30 bits per heavy atom. The minimum Gasteiger partial charge on any atom is -0.494 e. The molecule has 20 heavy (non-hydrogen) atoms. The van der Waals surface area contributed by atoms with Crippen LogP contribution in [0.5, 0.6) is 5.75 Å². The molecule has 0 atom stereocenters. The highest BCUT2D eigenvalue weighted by molar-refractivity contribution is 5.98. The summed E-state index contributed by atoms with van der Waals surface area (Å²) in [5.41, 5.74) is 1.82. The van der Waals surface area contributed by atoms with Gasteiger partial charge in [0.25, 0.3) is 0 Å². The molecule has 0 radical (unpaired) electrons. The van der Waals surface area contributed by atoms with Crippen molar-refractivity contribution in [2.75, 3.05) is 7.11 Å². The van der Waals surface area contributed by atoms with Crippen LogP contribution in [-0.4, -0.2) is 17.9 Å². The maximum atomic E-state index is 14.0. The number of hydrogen-bond acceptors (Lipinski definition) is 3. The monoisotopic (exact) mass is 273 g/mol. The van der Waals surface area contributed by atoms with E-state index in [9.17, 15) is 9.18 Å². The van der Waals surface area contributed by atoms with Crippen LogP contribution in [0.3, 0.4) is 0 Å². The zero-order valence-corrected chi connectivity index (χ0v) is 11.5. The Labute approximate surface area is 117 Å². The van der Waals surface area contributed by atoms with Gasteiger partial charge >= 0.3 is 0 Å². The van der Waals surface area contributed by atoms with Gasteiger partial charge in [0.05, 0.1) is 7.11 Å². The molecule has 0 amide bonds. The van der Waals surface area contributed by atoms with Crippen molar-refractivity contribution in [3.05, 3.63) is 59.2 Å². The van der Waals surface area contributed by atoms with Crippen LogP contribution in [0.2, 0.25) is 0 Å². The molecule has 104 valence electrons. The molecule has 0 spiro atoms. The number of aryl methyl sites for hydroxylation is 1. The Hall–Kier alpha value is -2.23. The number of hydrogen-bond donors (Lipinski definition) is 0. The summed E-state index contributed by atoms with van der Waals surface area (Å²) in [6, 6.07) is 6.49. The van der Waals surface area contributed by atoms with Crippen molar-refractivity contribution >= 4 is 5.78 Å². The highest BCUT2D eigenvalue weighted by atomic mass is 19.1. The molecule has 0 unspecified atom stereocenters. The topological polar surface area (TPSA) is 39.2 Å². The Kier molecular flexibility index (Phi) is 4.45. The number of methoxy groups -OCH3 is 1. The van der Waals surface area contributed by atoms with E-state index in [0.717, 1.165) is 12.0 Å². The van der Waals surface area contributed by atoms with Crippen molar-refractivity contribution in [1.82, 2.24) is 4.98 Å². The zero-order valence-electron chi connectivity index (χ0n) is 11.5. The number of Topliss-reactive ketones (excluding diaryl/α,β-unsaturated/α-hetero) is 1. The molecule has 1 aromatic carbocycles. The first-order valence-corrected chi connectivity index (χ1v) is 6.44. The Morgan fingerprint density at radius 3 is 2.80 bits per heavy atom. The van der Waals surface area contributed by atoms with Crippen LogP contribution in [-0.2, 0) is 12.8 Å². The lowest BCUT2D eigenvalue weighted by molar-refractivity contribution is 0.0990. The number of rotatable bonds is 5. The van der Waals surface area contributed by atoms with Gasteiger partial charge in [0.1, 0.15) is 0 Å². The second-order valence-corrected chi connectivity index (χ2v) is 4.42. The summed E-state index contributed by atoms with van der Waals surface area (Å²) < 4.78 is 19.0. The lowest BCUT2D eigenvalue weighted by Crippen LogP contribution is -2.09. The lowest BCUT2D eigenvalue weighted by Gasteiger charge is -2.09. The first-order chi connectivity index (χ1) is 9.67. The Morgan fingerprint density at radius 2 is 2.10 bits per heavy atom. The summed E-state index contributed by atoms with van der Waals surface area (Å²) in [7, 11) is 1.40. The summed E-state index contributed by atoms with van der Waals surface area (Å²) in [5.74, 6) is -0.437. The van der Waals surface area contributed by atoms with Gasteiger partial charge in [-0.3, -0.25) is 9.78 Å². The standard InChI is InChI=1S/C16H16FNO2/c1-3-11-10-18-8-7-13(11)14(19)9-12-5-4-6-15(20-2)16(12)17/h4-8,10H,3,9H2,1-2H3. The van der Waals surface area contributed by atoms with Crippen LogP contribution < -0.4 is 4.74 Å². The molecule has 1 heterocycles. The largest absolute Gasteiger partial charge is 0.494 e. The number of nitrogens with zero attached hydrogens (tertiary/aromatic N) is 1. The van der Waals surface area contributed by atoms with E-state index in [1.807, 2.05) is 6.92 Å². The van der Waals surface area contributed by atoms with Crippen LogP contribution in [0, 0.1) is 5.82 Å². The smallest absolute Gasteiger partial charge is 0.168 e. The van der Waals surface area contributed by atoms with Crippen molar-refractivity contribution in [2.45, 2.75) is 19.8 Å². The molecule has 0 fully saturated rings. The van der Waals surface area contributed by atoms with Gasteiger partial charge in [-0.25, -0.2) is 4.39 Å². The molecule has 2 aromatic rings. The van der Waals surface area contributed by atoms with Crippen LogP contribution >= 0.6 is 0 Å². The fourth-order valence-electron chi connectivity index (χ4n) is 2.10. The van der Waals surface area contributed by atoms with E-state index in [1.54, 1.807) is 30.6 Å². The molecule has 4 heteroatoms. The number of halogens is 1. The Balaban J connectivity index is 2.28. The highest BCUT2D eigenvalue weighted by Gasteiger charge is 2.15. The second kappa shape index (κ2) is 6.28. The first-order valence-electron chi connectivity index (χ1n) is 6.44. The third-order valence-electron chi connectivity index (χ3n) is 3.20. The normalized spacial score (nSPS) is 10.3. The van der Waals surface area contributed by atoms with Gasteiger partial charge in [-0.05, 0) is 29.7 Å². The van der Waals surface area contributed by atoms with Gasteiger partial charge in [-0.15, -0.1) is 0 Å². The Bertz CT molecular complexity index is 626. The van der Waals surface area contributed by atoms with E-state index in [4.69, 9.17) is 4.74 Å². The van der Waals surface area contributed by atoms with E-state index < -0.39 is 5.82 Å². The third-order valence-corrected chi connectivity index (χ3v) is 3.20. The SMILES string of the molecule is CCc1cnccc1C(=O)Cc1cccc(OC)c1F. The van der Waals surface area contributed by atoms with Gasteiger partial charge in [0.2, 0.25) is 0 Å². The van der Waals surface area contributed by atoms with Gasteiger partial charge < -0.3 is 4.74 Å². The number of carbonyl (C=O) groups excluding carboxylic acids is 1. The van der Waals surface area contributed by atoms with Crippen molar-refractivity contribution in [3.63, 3.8) is 0 Å². The molecule has 0 aliphatic carbocycles. The number of carbonyl (C=O) groups is 1. The molecule has 0 bridgehead atoms. The zero-order chi connectivity index (χ0) is 14.5. The minimum atomic E-state index is -0.476. The molecule has 0 N–H and O–H groups in total. The van der Waals surface area contributed by atoms with Crippen LogP contribution in [0.1, 0.15) is 28.4 Å². The molecular weight excluding hydrogens is 257 g/mol. The van der Waals surface area contributed by atoms with Crippen LogP contribution in [0.4, 0.5) is 4.39 Å². The second-order valence-electron chi connectivity index (χ2n) is 4.42. The first kappa shape index (κ1) is 14.2. The average molecular weight is 273 g/mol. The van der Waals surface area contributed by atoms with Crippen molar-refractivity contribution in [3.8, 4) is 5.75 Å². The third kappa shape index (κ3) is 2.85. The number of pyridine rings is 1. The van der Waals surface area contributed by atoms with Gasteiger partial charge in [0, 0.05) is 24.4 Å². The number of ketones is 1. The summed E-state index contributed by atoms with van der Waals surface area (Å²) in [5, 5.41) is 0. The molecule has 0 saturated carbocycles. The summed E-state index contributed by atoms with van der Waals surface area (Å²) in [6.07, 6.45) is 3.99. The van der Waals surface area contributed by atoms with E-state index in [1.165, 1.54) is 13.2 Å². The number of aromatic nitrogens is 1. The maximum absolute atomic E-state index is 14.0. The molecule has 0 aliphatic heterocycles. The molecule has 3 nitrogen and oxygen atoms in total. The van der Waals surface area contributed by atoms with E-state index in [-0.39, 0.29) is 18.0 Å². The quantitative estimate of drug-likeness (QED) is 0.785. The van der Waals surface area contributed by atoms with Crippen molar-refractivity contribution in [1.29, 1.82) is 0 Å². The fraction of sp³-hybridized carbons (Fsp3) is 0.250. The predicted octanol–water partition coefficient (Wildman–Crippen LogP) is 3.22.